The summed E-state index contributed by atoms with van der Waals surface area (Å²) >= 11 is 0. The zero-order chi connectivity index (χ0) is 53.7. The molecule has 78 heavy (non-hydrogen) atoms. The van der Waals surface area contributed by atoms with Crippen LogP contribution in [0.4, 0.5) is 0 Å². The van der Waals surface area contributed by atoms with Crippen LogP contribution < -0.4 is 0 Å². The maximum Gasteiger partial charge on any atom is 0.160 e. The minimum Gasteiger partial charge on any atom is -0.309 e. The fourth-order valence-corrected chi connectivity index (χ4v) is 10.9. The van der Waals surface area contributed by atoms with Gasteiger partial charge in [-0.15, -0.1) is 0 Å². The smallest absolute Gasteiger partial charge is 0.160 e. The molecule has 1 atom stereocenters. The van der Waals surface area contributed by atoms with Gasteiger partial charge in [0.1, 0.15) is 0 Å². The summed E-state index contributed by atoms with van der Waals surface area (Å²) in [6.45, 7) is 17.0. The van der Waals surface area contributed by atoms with E-state index in [0.717, 1.165) is 109 Å². The van der Waals surface area contributed by atoms with Crippen LogP contribution in [0.2, 0.25) is 0 Å². The number of fused-ring (bicyclic) bond motifs is 6. The summed E-state index contributed by atoms with van der Waals surface area (Å²) in [6.07, 6.45) is 34.0. The monoisotopic (exact) mass is 1010 g/mol. The Morgan fingerprint density at radius 3 is 2.00 bits per heavy atom. The van der Waals surface area contributed by atoms with Crippen LogP contribution in [-0.2, 0) is 0 Å². The van der Waals surface area contributed by atoms with Crippen molar-refractivity contribution in [3.8, 4) is 45.1 Å². The molecule has 0 amide bonds. The van der Waals surface area contributed by atoms with Gasteiger partial charge in [-0.25, -0.2) is 15.0 Å². The third kappa shape index (κ3) is 10.0. The molecule has 0 bridgehead atoms. The van der Waals surface area contributed by atoms with Gasteiger partial charge in [-0.2, -0.15) is 0 Å². The van der Waals surface area contributed by atoms with Crippen molar-refractivity contribution >= 4 is 61.8 Å². The van der Waals surface area contributed by atoms with Crippen LogP contribution >= 0.6 is 0 Å². The largest absolute Gasteiger partial charge is 0.309 e. The lowest BCUT2D eigenvalue weighted by molar-refractivity contribution is 0.953. The number of aromatic nitrogens is 4. The Morgan fingerprint density at radius 2 is 1.28 bits per heavy atom. The number of aliphatic imine (C=N–C) groups is 1. The molecule has 5 heteroatoms. The summed E-state index contributed by atoms with van der Waals surface area (Å²) < 4.78 is 4.81. The van der Waals surface area contributed by atoms with Gasteiger partial charge >= 0.3 is 0 Å². The Hall–Kier alpha value is -9.19. The van der Waals surface area contributed by atoms with Gasteiger partial charge in [0.05, 0.1) is 45.0 Å². The standard InChI is InChI=1S/C71H59N5.C2H6/c1-6-18-50(7-2)64(43-48(4)51-19-14-15-20-51)72-49(5)52-29-35-58(36-30-52)75-67-26-17-16-25-60(67)62-40-33-56(44-69(62)75)57-34-41-63-61-39-27-47(3)28-42-68(61)76(70(63)45-57)59-37-31-55(32-38-59)71-73-65(53-21-10-8-11-22-53)46-66(74-71)54-23-12-9-13-24-54;1-2/h6-8,10-12,14,16-47H,5,9,13,15H2,1-4H3;1-2H3/b18-6-,48-43+,50-7+,72-64?;. The van der Waals surface area contributed by atoms with Gasteiger partial charge < -0.3 is 9.13 Å². The molecule has 12 rings (SSSR count). The van der Waals surface area contributed by atoms with Crippen LogP contribution in [0.25, 0.3) is 101 Å². The molecule has 0 aliphatic heterocycles. The van der Waals surface area contributed by atoms with E-state index in [0.29, 0.717) is 17.4 Å². The van der Waals surface area contributed by atoms with Crippen LogP contribution in [0.3, 0.4) is 0 Å². The maximum absolute atomic E-state index is 5.17. The van der Waals surface area contributed by atoms with Crippen LogP contribution in [0.5, 0.6) is 0 Å². The van der Waals surface area contributed by atoms with Crippen molar-refractivity contribution in [1.29, 1.82) is 0 Å². The molecule has 0 radical (unpaired) electrons. The number of hydrogen-bond acceptors (Lipinski definition) is 3. The summed E-state index contributed by atoms with van der Waals surface area (Å²) in [4.78, 5) is 15.5. The second kappa shape index (κ2) is 22.6. The summed E-state index contributed by atoms with van der Waals surface area (Å²) in [7, 11) is 0. The quantitative estimate of drug-likeness (QED) is 0.0904. The molecule has 3 aliphatic carbocycles. The Labute approximate surface area is 459 Å². The zero-order valence-corrected chi connectivity index (χ0v) is 45.6. The first-order valence-electron chi connectivity index (χ1n) is 27.6. The summed E-state index contributed by atoms with van der Waals surface area (Å²) in [6, 6.07) is 52.6. The van der Waals surface area contributed by atoms with Crippen molar-refractivity contribution in [1.82, 2.24) is 19.1 Å². The van der Waals surface area contributed by atoms with E-state index < -0.39 is 0 Å². The average Bonchev–Trinajstić information content (AvgIpc) is 4.24. The van der Waals surface area contributed by atoms with Gasteiger partial charge in [-0.3, -0.25) is 0 Å². The molecule has 3 aliphatic rings. The molecule has 5 nitrogen and oxygen atoms in total. The molecule has 0 saturated heterocycles. The number of para-hydroxylation sites is 1. The SMILES string of the molecule is C=C(N=C(/C=C(\C)C1=CCC=C1)C(/C=C\C)=C/C)c1ccc(-n2c3ccccc3c3ccc(-c4ccc5c6c(n(-c7ccc(-c8nc(C9=CCCC=C9)cc(-c9ccccc9)n8)cc7)c5c4)C=CC(C)C=C6)cc32)cc1.CC. The highest BCUT2D eigenvalue weighted by atomic mass is 15.0. The van der Waals surface area contributed by atoms with E-state index in [2.05, 4.69) is 261 Å². The first-order chi connectivity index (χ1) is 38.3. The van der Waals surface area contributed by atoms with Crippen molar-refractivity contribution in [2.24, 2.45) is 10.9 Å². The van der Waals surface area contributed by atoms with Crippen molar-refractivity contribution < 1.29 is 0 Å². The molecule has 0 N–H and O–H groups in total. The van der Waals surface area contributed by atoms with E-state index in [9.17, 15) is 0 Å². The normalized spacial score (nSPS) is 15.5. The number of rotatable bonds is 12. The number of benzene rings is 6. The molecule has 6 aromatic carbocycles. The topological polar surface area (TPSA) is 48.0 Å². The second-order valence-corrected chi connectivity index (χ2v) is 19.9. The van der Waals surface area contributed by atoms with E-state index in [-0.39, 0.29) is 0 Å². The van der Waals surface area contributed by atoms with Gasteiger partial charge in [0.25, 0.3) is 0 Å². The lowest BCUT2D eigenvalue weighted by Crippen LogP contribution is -2.00. The van der Waals surface area contributed by atoms with Gasteiger partial charge in [0, 0.05) is 44.2 Å². The van der Waals surface area contributed by atoms with E-state index >= 15 is 0 Å². The van der Waals surface area contributed by atoms with Gasteiger partial charge in [-0.05, 0) is 158 Å². The Kier molecular flexibility index (Phi) is 14.7. The molecule has 382 valence electrons. The summed E-state index contributed by atoms with van der Waals surface area (Å²) in [5.41, 5.74) is 21.3. The molecule has 3 aromatic heterocycles. The second-order valence-electron chi connectivity index (χ2n) is 19.9. The first-order valence-corrected chi connectivity index (χ1v) is 27.6. The predicted molar refractivity (Wildman–Crippen MR) is 335 cm³/mol. The zero-order valence-electron chi connectivity index (χ0n) is 45.6. The fourth-order valence-electron chi connectivity index (χ4n) is 10.9. The predicted octanol–water partition coefficient (Wildman–Crippen LogP) is 19.7. The van der Waals surface area contributed by atoms with E-state index in [4.69, 9.17) is 15.0 Å². The summed E-state index contributed by atoms with van der Waals surface area (Å²) in [5.74, 6) is 1.03. The minimum absolute atomic E-state index is 0.318. The first kappa shape index (κ1) is 50.9. The number of allylic oxidation sites excluding steroid dienone is 16. The van der Waals surface area contributed by atoms with Gasteiger partial charge in [-0.1, -0.05) is 185 Å². The van der Waals surface area contributed by atoms with E-state index in [1.54, 1.807) is 0 Å². The molecule has 9 aromatic rings. The molecule has 1 unspecified atom stereocenters. The van der Waals surface area contributed by atoms with Crippen LogP contribution in [-0.4, -0.2) is 24.8 Å². The lowest BCUT2D eigenvalue weighted by atomic mass is 10.0. The molecule has 0 spiro atoms. The van der Waals surface area contributed by atoms with Crippen LogP contribution in [0.15, 0.2) is 247 Å². The fraction of sp³-hybridized carbons (Fsp3) is 0.137. The lowest BCUT2D eigenvalue weighted by Gasteiger charge is -2.13. The van der Waals surface area contributed by atoms with Crippen molar-refractivity contribution in [2.45, 2.75) is 60.8 Å². The highest BCUT2D eigenvalue weighted by Gasteiger charge is 2.21. The van der Waals surface area contributed by atoms with Crippen LogP contribution in [0, 0.1) is 5.92 Å². The summed E-state index contributed by atoms with van der Waals surface area (Å²) in [5, 5.41) is 3.63. The highest BCUT2D eigenvalue weighted by Crippen LogP contribution is 2.40. The third-order valence-corrected chi connectivity index (χ3v) is 14.9. The third-order valence-electron chi connectivity index (χ3n) is 14.9. The highest BCUT2D eigenvalue weighted by molar-refractivity contribution is 6.13. The van der Waals surface area contributed by atoms with E-state index in [1.165, 1.54) is 32.9 Å². The number of nitrogens with zero attached hydrogens (tertiary/aromatic N) is 5. The average molecular weight is 1010 g/mol. The maximum atomic E-state index is 5.17. The van der Waals surface area contributed by atoms with Gasteiger partial charge in [0.15, 0.2) is 5.82 Å². The van der Waals surface area contributed by atoms with Crippen molar-refractivity contribution in [2.75, 3.05) is 0 Å². The number of hydrogen-bond donors (Lipinski definition) is 0. The van der Waals surface area contributed by atoms with Crippen molar-refractivity contribution in [3.05, 3.63) is 264 Å². The Morgan fingerprint density at radius 1 is 0.615 bits per heavy atom. The van der Waals surface area contributed by atoms with Crippen LogP contribution in [0.1, 0.15) is 83.3 Å². The van der Waals surface area contributed by atoms with Crippen molar-refractivity contribution in [3.63, 3.8) is 0 Å². The van der Waals surface area contributed by atoms with Gasteiger partial charge in [0.2, 0.25) is 0 Å². The molecule has 0 saturated carbocycles. The molecular formula is C73H65N5. The minimum atomic E-state index is 0.318. The molecular weight excluding hydrogens is 947 g/mol. The molecule has 3 heterocycles. The molecule has 0 fully saturated rings. The Bertz CT molecular complexity index is 4090. The Balaban J connectivity index is 0.00000319. The van der Waals surface area contributed by atoms with E-state index in [1.807, 2.05) is 26.8 Å².